The van der Waals surface area contributed by atoms with Crippen LogP contribution in [-0.2, 0) is 24.8 Å². The summed E-state index contributed by atoms with van der Waals surface area (Å²) < 4.78 is 41.6. The van der Waals surface area contributed by atoms with Gasteiger partial charge in [-0.2, -0.15) is 5.26 Å². The Kier molecular flexibility index (Phi) is 6.17. The zero-order chi connectivity index (χ0) is 25.9. The number of carbonyl (C=O) groups excluding carboxylic acids is 2. The van der Waals surface area contributed by atoms with E-state index >= 15 is 0 Å². The zero-order valence-electron chi connectivity index (χ0n) is 19.0. The Hall–Kier alpha value is -2.48. The van der Waals surface area contributed by atoms with Crippen LogP contribution < -0.4 is 5.32 Å². The first-order valence-corrected chi connectivity index (χ1v) is 14.2. The van der Waals surface area contributed by atoms with Gasteiger partial charge in [0.2, 0.25) is 11.8 Å². The summed E-state index contributed by atoms with van der Waals surface area (Å²) in [5.74, 6) is -1.48. The molecule has 0 aromatic heterocycles. The third-order valence-corrected chi connectivity index (χ3v) is 10.6. The van der Waals surface area contributed by atoms with E-state index in [0.29, 0.717) is 31.2 Å². The average Bonchev–Trinajstić information content (AvgIpc) is 3.77. The normalized spacial score (nSPS) is 23.6. The number of likely N-dealkylation sites (tertiary alicyclic amines) is 1. The molecule has 2 atom stereocenters. The molecule has 1 aliphatic heterocycles. The molecule has 0 spiro atoms. The number of nitrogens with one attached hydrogen (secondary N) is 1. The first-order valence-electron chi connectivity index (χ1n) is 11.5. The summed E-state index contributed by atoms with van der Waals surface area (Å²) in [5.41, 5.74) is -1.51. The maximum absolute atomic E-state index is 14.3. The number of amides is 2. The van der Waals surface area contributed by atoms with Crippen LogP contribution in [0.1, 0.15) is 37.7 Å². The van der Waals surface area contributed by atoms with E-state index < -0.39 is 49.7 Å². The number of nitriles is 1. The number of halogens is 3. The van der Waals surface area contributed by atoms with Crippen LogP contribution in [0.4, 0.5) is 4.39 Å². The molecular weight excluding hydrogens is 573 g/mol. The SMILES string of the molecule is N#CC1(NC(=O)[C@@H]2C[C@@H](S(=O)(=O)c3ccccc3Cl)CN2C(=O)C2(c3ccc(Br)c(F)c3)CC2)CC1. The van der Waals surface area contributed by atoms with Gasteiger partial charge in [-0.05, 0) is 77.9 Å². The molecule has 0 radical (unpaired) electrons. The first-order chi connectivity index (χ1) is 17.0. The number of benzene rings is 2. The Morgan fingerprint density at radius 3 is 2.44 bits per heavy atom. The van der Waals surface area contributed by atoms with Crippen molar-refractivity contribution in [3.05, 3.63) is 63.3 Å². The highest BCUT2D eigenvalue weighted by Gasteiger charge is 2.58. The van der Waals surface area contributed by atoms with Crippen LogP contribution in [0.25, 0.3) is 0 Å². The lowest BCUT2D eigenvalue weighted by atomic mass is 9.93. The molecule has 2 aromatic carbocycles. The first kappa shape index (κ1) is 25.2. The second kappa shape index (κ2) is 8.82. The van der Waals surface area contributed by atoms with Crippen molar-refractivity contribution in [1.29, 1.82) is 5.26 Å². The minimum Gasteiger partial charge on any atom is -0.336 e. The minimum absolute atomic E-state index is 0.0584. The standard InChI is InChI=1S/C25H22BrClFN3O4S/c26-17-6-5-15(11-19(17)28)25(9-10-25)23(33)31-13-16(36(34,35)21-4-2-1-3-18(21)27)12-20(31)22(32)30-24(14-29)7-8-24/h1-6,11,16,20H,7-10,12-13H2,(H,30,32)/t16-,20+/m1/s1. The molecule has 188 valence electrons. The third-order valence-electron chi connectivity index (χ3n) is 7.37. The average molecular weight is 595 g/mol. The minimum atomic E-state index is -3.97. The molecule has 5 rings (SSSR count). The van der Waals surface area contributed by atoms with Gasteiger partial charge in [-0.25, -0.2) is 12.8 Å². The molecule has 2 amide bonds. The van der Waals surface area contributed by atoms with Crippen molar-refractivity contribution in [3.8, 4) is 6.07 Å². The monoisotopic (exact) mass is 593 g/mol. The molecule has 1 heterocycles. The Bertz CT molecular complexity index is 1420. The summed E-state index contributed by atoms with van der Waals surface area (Å²) >= 11 is 9.29. The molecule has 3 fully saturated rings. The molecule has 0 unspecified atom stereocenters. The highest BCUT2D eigenvalue weighted by Crippen LogP contribution is 2.51. The molecule has 2 aliphatic carbocycles. The second-order valence-corrected chi connectivity index (χ2v) is 13.2. The molecule has 0 bridgehead atoms. The number of hydrogen-bond acceptors (Lipinski definition) is 5. The summed E-state index contributed by atoms with van der Waals surface area (Å²) in [7, 11) is -3.97. The van der Waals surface area contributed by atoms with E-state index in [-0.39, 0.29) is 27.4 Å². The molecule has 11 heteroatoms. The van der Waals surface area contributed by atoms with Gasteiger partial charge in [0.15, 0.2) is 9.84 Å². The summed E-state index contributed by atoms with van der Waals surface area (Å²) in [5, 5.41) is 11.1. The lowest BCUT2D eigenvalue weighted by Crippen LogP contribution is -2.51. The van der Waals surface area contributed by atoms with Crippen molar-refractivity contribution in [2.24, 2.45) is 0 Å². The van der Waals surface area contributed by atoms with Crippen molar-refractivity contribution in [2.75, 3.05) is 6.54 Å². The molecular formula is C25H22BrClFN3O4S. The van der Waals surface area contributed by atoms with Crippen molar-refractivity contribution < 1.29 is 22.4 Å². The summed E-state index contributed by atoms with van der Waals surface area (Å²) in [6, 6.07) is 11.6. The van der Waals surface area contributed by atoms with Crippen LogP contribution in [0.5, 0.6) is 0 Å². The quantitative estimate of drug-likeness (QED) is 0.546. The predicted molar refractivity (Wildman–Crippen MR) is 133 cm³/mol. The molecule has 3 aliphatic rings. The Labute approximate surface area is 221 Å². The van der Waals surface area contributed by atoms with Gasteiger partial charge in [0.25, 0.3) is 0 Å². The fourth-order valence-corrected chi connectivity index (χ4v) is 7.34. The van der Waals surface area contributed by atoms with Gasteiger partial charge in [0.1, 0.15) is 17.4 Å². The van der Waals surface area contributed by atoms with Gasteiger partial charge in [0.05, 0.1) is 31.1 Å². The maximum Gasteiger partial charge on any atom is 0.244 e. The van der Waals surface area contributed by atoms with Crippen LogP contribution >= 0.6 is 27.5 Å². The molecule has 1 saturated heterocycles. The van der Waals surface area contributed by atoms with Gasteiger partial charge in [0, 0.05) is 6.54 Å². The zero-order valence-corrected chi connectivity index (χ0v) is 22.2. The maximum atomic E-state index is 14.3. The lowest BCUT2D eigenvalue weighted by molar-refractivity contribution is -0.140. The van der Waals surface area contributed by atoms with Crippen LogP contribution in [0.3, 0.4) is 0 Å². The Morgan fingerprint density at radius 1 is 1.17 bits per heavy atom. The molecule has 7 nitrogen and oxygen atoms in total. The molecule has 36 heavy (non-hydrogen) atoms. The molecule has 2 saturated carbocycles. The summed E-state index contributed by atoms with van der Waals surface area (Å²) in [4.78, 5) is 28.4. The van der Waals surface area contributed by atoms with E-state index in [1.54, 1.807) is 18.2 Å². The number of nitrogens with zero attached hydrogens (tertiary/aromatic N) is 2. The van der Waals surface area contributed by atoms with Gasteiger partial charge < -0.3 is 10.2 Å². The predicted octanol–water partition coefficient (Wildman–Crippen LogP) is 3.89. The number of sulfone groups is 1. The van der Waals surface area contributed by atoms with Crippen LogP contribution in [0.2, 0.25) is 5.02 Å². The van der Waals surface area contributed by atoms with E-state index in [4.69, 9.17) is 11.6 Å². The summed E-state index contributed by atoms with van der Waals surface area (Å²) in [6.45, 7) is -0.204. The fourth-order valence-electron chi connectivity index (χ4n) is 4.88. The third kappa shape index (κ3) is 4.21. The highest BCUT2D eigenvalue weighted by atomic mass is 79.9. The van der Waals surface area contributed by atoms with Gasteiger partial charge in [-0.1, -0.05) is 29.8 Å². The Balaban J connectivity index is 1.49. The summed E-state index contributed by atoms with van der Waals surface area (Å²) in [6.07, 6.45) is 1.79. The number of carbonyl (C=O) groups is 2. The number of hydrogen-bond donors (Lipinski definition) is 1. The van der Waals surface area contributed by atoms with E-state index in [1.807, 2.05) is 0 Å². The van der Waals surface area contributed by atoms with Crippen LogP contribution in [-0.4, -0.2) is 48.5 Å². The molecule has 1 N–H and O–H groups in total. The van der Waals surface area contributed by atoms with Gasteiger partial charge in [-0.15, -0.1) is 0 Å². The van der Waals surface area contributed by atoms with Crippen molar-refractivity contribution in [1.82, 2.24) is 10.2 Å². The van der Waals surface area contributed by atoms with Crippen LogP contribution in [0.15, 0.2) is 51.8 Å². The highest BCUT2D eigenvalue weighted by molar-refractivity contribution is 9.10. The largest absolute Gasteiger partial charge is 0.336 e. The lowest BCUT2D eigenvalue weighted by Gasteiger charge is -2.29. The molecule has 2 aromatic rings. The van der Waals surface area contributed by atoms with E-state index in [2.05, 4.69) is 27.3 Å². The topological polar surface area (TPSA) is 107 Å². The van der Waals surface area contributed by atoms with Crippen molar-refractivity contribution in [2.45, 2.75) is 59.2 Å². The fraction of sp³-hybridized carbons (Fsp3) is 0.400. The van der Waals surface area contributed by atoms with Crippen LogP contribution in [0, 0.1) is 17.1 Å². The smallest absolute Gasteiger partial charge is 0.244 e. The second-order valence-electron chi connectivity index (χ2n) is 9.70. The van der Waals surface area contributed by atoms with Gasteiger partial charge >= 0.3 is 0 Å². The van der Waals surface area contributed by atoms with E-state index in [9.17, 15) is 27.7 Å². The Morgan fingerprint density at radius 2 is 1.86 bits per heavy atom. The van der Waals surface area contributed by atoms with Crippen molar-refractivity contribution in [3.63, 3.8) is 0 Å². The van der Waals surface area contributed by atoms with Gasteiger partial charge in [-0.3, -0.25) is 9.59 Å². The van der Waals surface area contributed by atoms with E-state index in [0.717, 1.165) is 0 Å². The van der Waals surface area contributed by atoms with E-state index in [1.165, 1.54) is 29.2 Å². The van der Waals surface area contributed by atoms with Crippen molar-refractivity contribution >= 4 is 49.2 Å². The number of rotatable bonds is 6.